The summed E-state index contributed by atoms with van der Waals surface area (Å²) in [5.74, 6) is 1.36. The molecule has 0 aliphatic heterocycles. The second-order valence-electron chi connectivity index (χ2n) is 5.06. The molecule has 24 heavy (non-hydrogen) atoms. The zero-order chi connectivity index (χ0) is 17.9. The van der Waals surface area contributed by atoms with Gasteiger partial charge in [0.1, 0.15) is 5.75 Å². The maximum absolute atomic E-state index is 11.7. The van der Waals surface area contributed by atoms with Crippen molar-refractivity contribution in [2.24, 2.45) is 0 Å². The van der Waals surface area contributed by atoms with Gasteiger partial charge in [0.15, 0.2) is 11.5 Å². The summed E-state index contributed by atoms with van der Waals surface area (Å²) in [4.78, 5) is 10.6. The highest BCUT2D eigenvalue weighted by Gasteiger charge is 2.32. The van der Waals surface area contributed by atoms with Crippen molar-refractivity contribution in [1.29, 1.82) is 0 Å². The van der Waals surface area contributed by atoms with E-state index in [1.165, 1.54) is 19.2 Å². The number of hydrogen-bond donors (Lipinski definition) is 0. The number of aryl methyl sites for hydroxylation is 2. The quantitative estimate of drug-likeness (QED) is 0.413. The van der Waals surface area contributed by atoms with E-state index in [9.17, 15) is 14.7 Å². The first-order chi connectivity index (χ1) is 11.4. The van der Waals surface area contributed by atoms with E-state index in [0.717, 1.165) is 5.56 Å². The van der Waals surface area contributed by atoms with E-state index in [1.807, 2.05) is 26.0 Å². The van der Waals surface area contributed by atoms with Crippen LogP contribution >= 0.6 is 18.4 Å². The lowest BCUT2D eigenvalue weighted by Gasteiger charge is -2.13. The Morgan fingerprint density at radius 3 is 2.46 bits per heavy atom. The van der Waals surface area contributed by atoms with Crippen molar-refractivity contribution in [2.75, 3.05) is 7.11 Å². The van der Waals surface area contributed by atoms with Gasteiger partial charge in [0.05, 0.1) is 12.0 Å². The summed E-state index contributed by atoms with van der Waals surface area (Å²) >= 11 is 5.63. The number of halogens is 1. The predicted octanol–water partition coefficient (Wildman–Crippen LogP) is 4.87. The van der Waals surface area contributed by atoms with E-state index >= 15 is 0 Å². The third kappa shape index (κ3) is 3.83. The molecule has 0 heterocycles. The highest BCUT2D eigenvalue weighted by atomic mass is 35.7. The Balaban J connectivity index is 2.56. The van der Waals surface area contributed by atoms with Crippen molar-refractivity contribution in [3.05, 3.63) is 51.6 Å². The lowest BCUT2D eigenvalue weighted by atomic mass is 10.1. The number of ether oxygens (including phenoxy) is 2. The van der Waals surface area contributed by atoms with Crippen molar-refractivity contribution in [3.63, 3.8) is 0 Å². The van der Waals surface area contributed by atoms with Crippen molar-refractivity contribution in [3.8, 4) is 17.2 Å². The van der Waals surface area contributed by atoms with Crippen LogP contribution in [-0.2, 0) is 11.0 Å². The fourth-order valence-electron chi connectivity index (χ4n) is 2.24. The fourth-order valence-corrected chi connectivity index (χ4v) is 3.19. The van der Waals surface area contributed by atoms with Gasteiger partial charge in [-0.25, -0.2) is 0 Å². The highest BCUT2D eigenvalue weighted by molar-refractivity contribution is 7.80. The van der Waals surface area contributed by atoms with E-state index < -0.39 is 12.1 Å². The summed E-state index contributed by atoms with van der Waals surface area (Å²) in [6.07, 6.45) is 0.504. The zero-order valence-corrected chi connectivity index (χ0v) is 15.1. The Kier molecular flexibility index (Phi) is 5.75. The Labute approximate surface area is 145 Å². The number of nitro groups is 1. The van der Waals surface area contributed by atoms with Crippen LogP contribution in [0.3, 0.4) is 0 Å². The minimum atomic E-state index is -2.40. The zero-order valence-electron chi connectivity index (χ0n) is 13.4. The number of nitro benzene ring substituents is 1. The van der Waals surface area contributed by atoms with Gasteiger partial charge in [0, 0.05) is 17.7 Å². The average molecular weight is 369 g/mol. The standard InChI is InChI=1S/C16H16ClNO5P/c1-4-11-8-12(18(19)20)16(24(17)21)9-14(11)23-13-6-5-10(2)7-15(13)22-3/h5-9H,4H2,1-3H3/q+1. The second-order valence-corrected chi connectivity index (χ2v) is 6.95. The van der Waals surface area contributed by atoms with E-state index in [4.69, 9.17) is 20.7 Å². The van der Waals surface area contributed by atoms with Gasteiger partial charge in [0.2, 0.25) is 11.2 Å². The SMILES string of the molecule is CCc1cc([N+](=O)[O-])c([P+](=O)Cl)cc1Oc1ccc(C)cc1OC. The molecule has 2 aromatic carbocycles. The van der Waals surface area contributed by atoms with Crippen molar-refractivity contribution >= 4 is 29.4 Å². The molecular weight excluding hydrogens is 353 g/mol. The minimum Gasteiger partial charge on any atom is -0.493 e. The lowest BCUT2D eigenvalue weighted by molar-refractivity contribution is -0.383. The van der Waals surface area contributed by atoms with Crippen LogP contribution in [0.5, 0.6) is 17.2 Å². The Morgan fingerprint density at radius 1 is 1.21 bits per heavy atom. The number of nitrogens with zero attached hydrogens (tertiary/aromatic N) is 1. The molecule has 0 N–H and O–H groups in total. The molecule has 0 spiro atoms. The van der Waals surface area contributed by atoms with Crippen LogP contribution in [0.4, 0.5) is 5.69 Å². The van der Waals surface area contributed by atoms with Crippen LogP contribution in [0.2, 0.25) is 0 Å². The summed E-state index contributed by atoms with van der Waals surface area (Å²) in [5, 5.41) is 11.1. The third-order valence-electron chi connectivity index (χ3n) is 3.46. The molecule has 0 saturated carbocycles. The Morgan fingerprint density at radius 2 is 1.92 bits per heavy atom. The molecular formula is C16H16ClNO5P+. The summed E-state index contributed by atoms with van der Waals surface area (Å²) in [6.45, 7) is 3.77. The van der Waals surface area contributed by atoms with E-state index in [1.54, 1.807) is 6.07 Å². The Bertz CT molecular complexity index is 809. The third-order valence-corrected chi connectivity index (χ3v) is 4.75. The molecule has 0 saturated heterocycles. The van der Waals surface area contributed by atoms with E-state index in [-0.39, 0.29) is 11.0 Å². The summed E-state index contributed by atoms with van der Waals surface area (Å²) in [6, 6.07) is 8.13. The lowest BCUT2D eigenvalue weighted by Crippen LogP contribution is -2.07. The van der Waals surface area contributed by atoms with Gasteiger partial charge >= 0.3 is 12.8 Å². The molecule has 1 unspecified atom stereocenters. The molecule has 0 aromatic heterocycles. The number of benzene rings is 2. The molecule has 1 atom stereocenters. The first-order valence-electron chi connectivity index (χ1n) is 7.14. The van der Waals surface area contributed by atoms with Gasteiger partial charge in [-0.3, -0.25) is 10.1 Å². The van der Waals surface area contributed by atoms with Crippen LogP contribution < -0.4 is 14.8 Å². The van der Waals surface area contributed by atoms with Crippen molar-refractivity contribution in [1.82, 2.24) is 0 Å². The maximum Gasteiger partial charge on any atom is 0.501 e. The van der Waals surface area contributed by atoms with Gasteiger partial charge in [-0.2, -0.15) is 0 Å². The first kappa shape index (κ1) is 18.2. The molecule has 0 aliphatic rings. The second kappa shape index (κ2) is 7.60. The average Bonchev–Trinajstić information content (AvgIpc) is 2.55. The van der Waals surface area contributed by atoms with Crippen LogP contribution in [-0.4, -0.2) is 12.0 Å². The van der Waals surface area contributed by atoms with E-state index in [2.05, 4.69) is 0 Å². The Hall–Kier alpha value is -2.17. The van der Waals surface area contributed by atoms with Gasteiger partial charge in [-0.05, 0) is 35.6 Å². The highest BCUT2D eigenvalue weighted by Crippen LogP contribution is 2.38. The van der Waals surface area contributed by atoms with Crippen LogP contribution in [0.1, 0.15) is 18.1 Å². The number of hydrogen-bond acceptors (Lipinski definition) is 5. The van der Waals surface area contributed by atoms with Crippen LogP contribution in [0.25, 0.3) is 0 Å². The molecule has 0 fully saturated rings. The molecule has 0 amide bonds. The predicted molar refractivity (Wildman–Crippen MR) is 93.4 cm³/mol. The molecule has 6 nitrogen and oxygen atoms in total. The summed E-state index contributed by atoms with van der Waals surface area (Å²) < 4.78 is 22.8. The first-order valence-corrected chi connectivity index (χ1v) is 9.30. The van der Waals surface area contributed by atoms with Crippen LogP contribution in [0.15, 0.2) is 30.3 Å². The fraction of sp³-hybridized carbons (Fsp3) is 0.250. The molecule has 8 heteroatoms. The van der Waals surface area contributed by atoms with Gasteiger partial charge in [0.25, 0.3) is 5.30 Å². The maximum atomic E-state index is 11.7. The minimum absolute atomic E-state index is 0.0602. The molecule has 2 aromatic rings. The number of methoxy groups -OCH3 is 1. The molecule has 0 radical (unpaired) electrons. The molecule has 0 bridgehead atoms. The monoisotopic (exact) mass is 368 g/mol. The van der Waals surface area contributed by atoms with Crippen LogP contribution in [0, 0.1) is 17.0 Å². The van der Waals surface area contributed by atoms with E-state index in [0.29, 0.717) is 29.2 Å². The molecule has 0 aliphatic carbocycles. The number of rotatable bonds is 6. The smallest absolute Gasteiger partial charge is 0.493 e. The summed E-state index contributed by atoms with van der Waals surface area (Å²) in [5.41, 5.74) is 1.34. The molecule has 2 rings (SSSR count). The van der Waals surface area contributed by atoms with Gasteiger partial charge in [-0.1, -0.05) is 13.0 Å². The largest absolute Gasteiger partial charge is 0.501 e. The topological polar surface area (TPSA) is 78.7 Å². The molecule has 126 valence electrons. The summed E-state index contributed by atoms with van der Waals surface area (Å²) in [7, 11) is -0.877. The van der Waals surface area contributed by atoms with Crippen molar-refractivity contribution in [2.45, 2.75) is 20.3 Å². The normalized spacial score (nSPS) is 11.1. The van der Waals surface area contributed by atoms with Gasteiger partial charge in [-0.15, -0.1) is 0 Å². The van der Waals surface area contributed by atoms with Gasteiger partial charge < -0.3 is 9.47 Å². The van der Waals surface area contributed by atoms with Crippen molar-refractivity contribution < 1.29 is 19.0 Å².